The van der Waals surface area contributed by atoms with Crippen LogP contribution in [0.1, 0.15) is 0 Å². The van der Waals surface area contributed by atoms with E-state index >= 15 is 0 Å². The quantitative estimate of drug-likeness (QED) is 0.305. The van der Waals surface area contributed by atoms with Gasteiger partial charge in [-0.15, -0.1) is 0 Å². The molecule has 0 unspecified atom stereocenters. The molecule has 0 aromatic heterocycles. The van der Waals surface area contributed by atoms with Crippen molar-refractivity contribution in [1.29, 1.82) is 0 Å². The van der Waals surface area contributed by atoms with Gasteiger partial charge in [0.1, 0.15) is 0 Å². The molecule has 6 heavy (non-hydrogen) atoms. The summed E-state index contributed by atoms with van der Waals surface area (Å²) in [5, 5.41) is 0. The number of carbonyl (C=O) groups excluding carboxylic acids is 1. The van der Waals surface area contributed by atoms with Crippen LogP contribution in [0.4, 0.5) is 0 Å². The number of nitrogens with zero attached hydrogens (tertiary/aromatic N) is 1. The summed E-state index contributed by atoms with van der Waals surface area (Å²) in [6.07, 6.45) is 1.61. The van der Waals surface area contributed by atoms with E-state index in [1.54, 1.807) is 20.5 Å². The molecule has 0 aliphatic rings. The molecule has 0 fully saturated rings. The van der Waals surface area contributed by atoms with Crippen LogP contribution in [0.15, 0.2) is 0 Å². The van der Waals surface area contributed by atoms with Crippen molar-refractivity contribution in [2.45, 2.75) is 0 Å². The normalized spacial score (nSPS) is 5.67. The summed E-state index contributed by atoms with van der Waals surface area (Å²) in [6.45, 7) is 0. The van der Waals surface area contributed by atoms with E-state index in [0.717, 1.165) is 0 Å². The van der Waals surface area contributed by atoms with Crippen molar-refractivity contribution in [3.8, 4) is 0 Å². The molecule has 0 spiro atoms. The Morgan fingerprint density at radius 2 is 1.67 bits per heavy atom. The first kappa shape index (κ1) is 9.51. The molecule has 0 radical (unpaired) electrons. The summed E-state index contributed by atoms with van der Waals surface area (Å²) in [6, 6.07) is 0. The van der Waals surface area contributed by atoms with Crippen LogP contribution in [0.5, 0.6) is 0 Å². The van der Waals surface area contributed by atoms with Gasteiger partial charge in [-0.05, 0) is 14.1 Å². The molecule has 3 heteroatoms. The van der Waals surface area contributed by atoms with Crippen molar-refractivity contribution in [3.63, 3.8) is 0 Å². The van der Waals surface area contributed by atoms with Crippen LogP contribution < -0.4 is 0 Å². The molecule has 0 bridgehead atoms. The number of rotatable bonds is 1. The van der Waals surface area contributed by atoms with E-state index < -0.39 is 0 Å². The van der Waals surface area contributed by atoms with E-state index in [-0.39, 0.29) is 22.4 Å². The standard InChI is InChI=1S/C3H6NO.Ag/c1-4(2)3-5;/h1-2H3;/q-1;+1. The van der Waals surface area contributed by atoms with Gasteiger partial charge in [0.05, 0.1) is 0 Å². The monoisotopic (exact) mass is 179 g/mol. The minimum atomic E-state index is 0. The smallest absolute Gasteiger partial charge is 0.522 e. The Morgan fingerprint density at radius 3 is 1.67 bits per heavy atom. The van der Waals surface area contributed by atoms with Crippen LogP contribution in [0.25, 0.3) is 0 Å². The molecule has 40 valence electrons. The van der Waals surface area contributed by atoms with Crippen molar-refractivity contribution in [2.24, 2.45) is 0 Å². The topological polar surface area (TPSA) is 20.3 Å². The van der Waals surface area contributed by atoms with Crippen molar-refractivity contribution >= 4 is 6.41 Å². The Kier molecular flexibility index (Phi) is 8.26. The average molecular weight is 180 g/mol. The van der Waals surface area contributed by atoms with Crippen LogP contribution in [0.2, 0.25) is 0 Å². The van der Waals surface area contributed by atoms with Gasteiger partial charge in [-0.25, -0.2) is 0 Å². The third kappa shape index (κ3) is 8.88. The Bertz CT molecular complexity index is 37.8. The van der Waals surface area contributed by atoms with Gasteiger partial charge in [-0.1, -0.05) is 0 Å². The summed E-state index contributed by atoms with van der Waals surface area (Å²) in [7, 11) is 3.26. The first-order valence-corrected chi connectivity index (χ1v) is 1.32. The fourth-order valence-corrected chi connectivity index (χ4v) is 0. The Hall–Kier alpha value is 0.210. The number of amides is 1. The predicted molar refractivity (Wildman–Crippen MR) is 19.4 cm³/mol. The zero-order valence-electron chi connectivity index (χ0n) is 3.66. The first-order chi connectivity index (χ1) is 2.27. The maximum atomic E-state index is 9.31. The van der Waals surface area contributed by atoms with E-state index in [2.05, 4.69) is 0 Å². The molecule has 0 heterocycles. The van der Waals surface area contributed by atoms with E-state index in [0.29, 0.717) is 0 Å². The first-order valence-electron chi connectivity index (χ1n) is 1.32. The molecule has 2 nitrogen and oxygen atoms in total. The molecule has 0 aromatic rings. The van der Waals surface area contributed by atoms with Gasteiger partial charge in [0.15, 0.2) is 0 Å². The van der Waals surface area contributed by atoms with E-state index in [9.17, 15) is 4.79 Å². The van der Waals surface area contributed by atoms with Crippen molar-refractivity contribution in [2.75, 3.05) is 14.1 Å². The molecular formula is C3H6AgNO. The molecule has 0 saturated heterocycles. The Morgan fingerprint density at radius 1 is 1.50 bits per heavy atom. The van der Waals surface area contributed by atoms with E-state index in [1.165, 1.54) is 4.90 Å². The molecule has 0 aromatic carbocycles. The van der Waals surface area contributed by atoms with Crippen molar-refractivity contribution in [1.82, 2.24) is 4.90 Å². The van der Waals surface area contributed by atoms with Crippen LogP contribution in [0, 0.1) is 0 Å². The van der Waals surface area contributed by atoms with Gasteiger partial charge in [0, 0.05) is 0 Å². The largest absolute Gasteiger partial charge is 1.00 e. The summed E-state index contributed by atoms with van der Waals surface area (Å²) >= 11 is 0. The zero-order valence-corrected chi connectivity index (χ0v) is 5.14. The van der Waals surface area contributed by atoms with Crippen LogP contribution >= 0.6 is 0 Å². The Balaban J connectivity index is 0. The van der Waals surface area contributed by atoms with Gasteiger partial charge >= 0.3 is 22.4 Å². The second kappa shape index (κ2) is 5.21. The molecule has 0 saturated carbocycles. The van der Waals surface area contributed by atoms with Gasteiger partial charge in [-0.3, -0.25) is 0 Å². The van der Waals surface area contributed by atoms with E-state index in [4.69, 9.17) is 0 Å². The molecule has 0 N–H and O–H groups in total. The van der Waals surface area contributed by atoms with E-state index in [1.807, 2.05) is 0 Å². The minimum Gasteiger partial charge on any atom is -0.522 e. The summed E-state index contributed by atoms with van der Waals surface area (Å²) in [5.41, 5.74) is 0. The average Bonchev–Trinajstić information content (AvgIpc) is 1.38. The SMILES string of the molecule is CN(C)[C-]=O.[Ag+]. The van der Waals surface area contributed by atoms with Crippen molar-refractivity contribution < 1.29 is 27.2 Å². The van der Waals surface area contributed by atoms with Crippen LogP contribution in [0.3, 0.4) is 0 Å². The fraction of sp³-hybridized carbons (Fsp3) is 0.667. The maximum Gasteiger partial charge on any atom is 1.00 e. The molecule has 0 atom stereocenters. The minimum absolute atomic E-state index is 0. The fourth-order valence-electron chi connectivity index (χ4n) is 0. The van der Waals surface area contributed by atoms with Crippen molar-refractivity contribution in [3.05, 3.63) is 0 Å². The summed E-state index contributed by atoms with van der Waals surface area (Å²) < 4.78 is 0. The predicted octanol–water partition coefficient (Wildman–Crippen LogP) is -0.387. The maximum absolute atomic E-state index is 9.31. The van der Waals surface area contributed by atoms with Crippen LogP contribution in [-0.2, 0) is 27.2 Å². The second-order valence-electron chi connectivity index (χ2n) is 0.986. The summed E-state index contributed by atoms with van der Waals surface area (Å²) in [4.78, 5) is 10.6. The molecule has 0 aliphatic heterocycles. The van der Waals surface area contributed by atoms with Gasteiger partial charge < -0.3 is 9.69 Å². The number of hydrogen-bond acceptors (Lipinski definition) is 1. The third-order valence-corrected chi connectivity index (χ3v) is 0.183. The van der Waals surface area contributed by atoms with Gasteiger partial charge in [0.2, 0.25) is 0 Å². The summed E-state index contributed by atoms with van der Waals surface area (Å²) in [5.74, 6) is 0. The molecule has 0 rings (SSSR count). The van der Waals surface area contributed by atoms with Crippen LogP contribution in [-0.4, -0.2) is 25.4 Å². The molecular weight excluding hydrogens is 174 g/mol. The third-order valence-electron chi connectivity index (χ3n) is 0.183. The van der Waals surface area contributed by atoms with Gasteiger partial charge in [-0.2, -0.15) is 6.41 Å². The van der Waals surface area contributed by atoms with Gasteiger partial charge in [0.25, 0.3) is 0 Å². The molecule has 1 amide bonds. The molecule has 0 aliphatic carbocycles. The zero-order chi connectivity index (χ0) is 4.28. The number of hydrogen-bond donors (Lipinski definition) is 0. The second-order valence-corrected chi connectivity index (χ2v) is 0.986. The Labute approximate surface area is 53.0 Å².